The van der Waals surface area contributed by atoms with Crippen molar-refractivity contribution in [2.75, 3.05) is 13.2 Å². The third-order valence-electron chi connectivity index (χ3n) is 6.53. The minimum atomic E-state index is -0.593. The van der Waals surface area contributed by atoms with Gasteiger partial charge < -0.3 is 15.0 Å². The highest BCUT2D eigenvalue weighted by Crippen LogP contribution is 2.19. The number of nitrogens with zero attached hydrogens (tertiary/aromatic N) is 1. The predicted molar refractivity (Wildman–Crippen MR) is 149 cm³/mol. The summed E-state index contributed by atoms with van der Waals surface area (Å²) >= 11 is 0. The molecule has 1 unspecified atom stereocenters. The van der Waals surface area contributed by atoms with Crippen LogP contribution in [0.4, 0.5) is 0 Å². The van der Waals surface area contributed by atoms with E-state index in [1.807, 2.05) is 92.7 Å². The molecule has 5 nitrogen and oxygen atoms in total. The van der Waals surface area contributed by atoms with Crippen LogP contribution in [0.25, 0.3) is 0 Å². The SMILES string of the molecule is CCCCNC(=O)C(Cc1ccccc1)N(Cc1ccccc1C)C(=O)CCCOc1ccc(C)cc1. The zero-order chi connectivity index (χ0) is 26.5. The lowest BCUT2D eigenvalue weighted by atomic mass is 10.0. The molecule has 0 radical (unpaired) electrons. The molecule has 1 N–H and O–H groups in total. The van der Waals surface area contributed by atoms with Crippen LogP contribution in [0.5, 0.6) is 5.75 Å². The van der Waals surface area contributed by atoms with E-state index >= 15 is 0 Å². The van der Waals surface area contributed by atoms with Crippen LogP contribution in [0, 0.1) is 13.8 Å². The van der Waals surface area contributed by atoms with Crippen molar-refractivity contribution in [3.8, 4) is 5.75 Å². The van der Waals surface area contributed by atoms with Gasteiger partial charge in [-0.3, -0.25) is 9.59 Å². The molecular formula is C32H40N2O3. The molecule has 0 fully saturated rings. The summed E-state index contributed by atoms with van der Waals surface area (Å²) < 4.78 is 5.85. The van der Waals surface area contributed by atoms with Crippen LogP contribution < -0.4 is 10.1 Å². The standard InChI is InChI=1S/C32H40N2O3/c1-4-5-21-33-32(36)30(23-27-13-7-6-8-14-27)34(24-28-15-10-9-12-26(28)3)31(35)16-11-22-37-29-19-17-25(2)18-20-29/h6-10,12-15,17-20,30H,4-5,11,16,21-24H2,1-3H3,(H,33,36). The molecule has 196 valence electrons. The van der Waals surface area contributed by atoms with Gasteiger partial charge in [0.25, 0.3) is 0 Å². The monoisotopic (exact) mass is 500 g/mol. The summed E-state index contributed by atoms with van der Waals surface area (Å²) in [6.45, 7) is 7.62. The Labute approximate surface area is 221 Å². The summed E-state index contributed by atoms with van der Waals surface area (Å²) in [5.74, 6) is 0.657. The highest BCUT2D eigenvalue weighted by Gasteiger charge is 2.30. The van der Waals surface area contributed by atoms with Gasteiger partial charge in [0.05, 0.1) is 6.61 Å². The third kappa shape index (κ3) is 9.09. The smallest absolute Gasteiger partial charge is 0.243 e. The lowest BCUT2D eigenvalue weighted by molar-refractivity contribution is -0.141. The van der Waals surface area contributed by atoms with Crippen LogP contribution >= 0.6 is 0 Å². The van der Waals surface area contributed by atoms with Gasteiger partial charge in [0.15, 0.2) is 0 Å². The number of aryl methyl sites for hydroxylation is 2. The first-order chi connectivity index (χ1) is 18.0. The van der Waals surface area contributed by atoms with E-state index in [4.69, 9.17) is 4.74 Å². The Morgan fingerprint density at radius 3 is 2.30 bits per heavy atom. The first-order valence-electron chi connectivity index (χ1n) is 13.3. The van der Waals surface area contributed by atoms with Crippen molar-refractivity contribution in [1.29, 1.82) is 0 Å². The largest absolute Gasteiger partial charge is 0.494 e. The van der Waals surface area contributed by atoms with Gasteiger partial charge in [0, 0.05) is 25.9 Å². The van der Waals surface area contributed by atoms with Crippen molar-refractivity contribution >= 4 is 11.8 Å². The fraction of sp³-hybridized carbons (Fsp3) is 0.375. The van der Waals surface area contributed by atoms with Gasteiger partial charge in [0.2, 0.25) is 11.8 Å². The van der Waals surface area contributed by atoms with Crippen LogP contribution in [0.2, 0.25) is 0 Å². The first kappa shape index (κ1) is 28.0. The molecule has 0 aliphatic carbocycles. The molecule has 0 aliphatic rings. The van der Waals surface area contributed by atoms with Crippen molar-refractivity contribution in [2.45, 2.75) is 65.5 Å². The van der Waals surface area contributed by atoms with E-state index in [1.165, 1.54) is 5.56 Å². The van der Waals surface area contributed by atoms with Crippen LogP contribution in [-0.4, -0.2) is 35.9 Å². The zero-order valence-corrected chi connectivity index (χ0v) is 22.4. The van der Waals surface area contributed by atoms with Gasteiger partial charge in [-0.1, -0.05) is 85.6 Å². The van der Waals surface area contributed by atoms with Crippen molar-refractivity contribution in [2.24, 2.45) is 0 Å². The molecule has 3 aromatic carbocycles. The van der Waals surface area contributed by atoms with Crippen molar-refractivity contribution in [3.63, 3.8) is 0 Å². The fourth-order valence-corrected chi connectivity index (χ4v) is 4.22. The maximum Gasteiger partial charge on any atom is 0.243 e. The Hall–Kier alpha value is -3.60. The van der Waals surface area contributed by atoms with E-state index in [9.17, 15) is 9.59 Å². The summed E-state index contributed by atoms with van der Waals surface area (Å²) in [6.07, 6.45) is 3.26. The number of hydrogen-bond donors (Lipinski definition) is 1. The molecule has 0 aromatic heterocycles. The molecule has 0 saturated carbocycles. The summed E-state index contributed by atoms with van der Waals surface area (Å²) in [4.78, 5) is 28.9. The van der Waals surface area contributed by atoms with Gasteiger partial charge in [-0.25, -0.2) is 0 Å². The van der Waals surface area contributed by atoms with Gasteiger partial charge in [-0.2, -0.15) is 0 Å². The second-order valence-electron chi connectivity index (χ2n) is 9.56. The second kappa shape index (κ2) is 14.8. The average molecular weight is 501 g/mol. The molecule has 0 spiro atoms. The zero-order valence-electron chi connectivity index (χ0n) is 22.4. The number of unbranched alkanes of at least 4 members (excludes halogenated alkanes) is 1. The Morgan fingerprint density at radius 2 is 1.59 bits per heavy atom. The van der Waals surface area contributed by atoms with E-state index in [-0.39, 0.29) is 11.8 Å². The van der Waals surface area contributed by atoms with E-state index in [2.05, 4.69) is 12.2 Å². The number of ether oxygens (including phenoxy) is 1. The maximum absolute atomic E-state index is 13.7. The molecule has 1 atom stereocenters. The number of rotatable bonds is 14. The van der Waals surface area contributed by atoms with Crippen LogP contribution in [-0.2, 0) is 22.6 Å². The topological polar surface area (TPSA) is 58.6 Å². The molecular weight excluding hydrogens is 460 g/mol. The minimum absolute atomic E-state index is 0.0395. The predicted octanol–water partition coefficient (Wildman–Crippen LogP) is 6.02. The van der Waals surface area contributed by atoms with Crippen molar-refractivity contribution < 1.29 is 14.3 Å². The Bertz CT molecular complexity index is 1110. The van der Waals surface area contributed by atoms with Gasteiger partial charge in [-0.05, 0) is 55.5 Å². The number of carbonyl (C=O) groups is 2. The van der Waals surface area contributed by atoms with Gasteiger partial charge in [-0.15, -0.1) is 0 Å². The Balaban J connectivity index is 1.78. The quantitative estimate of drug-likeness (QED) is 0.275. The van der Waals surface area contributed by atoms with Gasteiger partial charge >= 0.3 is 0 Å². The van der Waals surface area contributed by atoms with Gasteiger partial charge in [0.1, 0.15) is 11.8 Å². The summed E-state index contributed by atoms with van der Waals surface area (Å²) in [5.41, 5.74) is 4.36. The summed E-state index contributed by atoms with van der Waals surface area (Å²) in [7, 11) is 0. The fourth-order valence-electron chi connectivity index (χ4n) is 4.22. The Morgan fingerprint density at radius 1 is 0.892 bits per heavy atom. The molecule has 5 heteroatoms. The van der Waals surface area contributed by atoms with Crippen molar-refractivity contribution in [1.82, 2.24) is 10.2 Å². The lowest BCUT2D eigenvalue weighted by Crippen LogP contribution is -2.50. The summed E-state index contributed by atoms with van der Waals surface area (Å²) in [6, 6.07) is 25.3. The molecule has 0 aliphatic heterocycles. The third-order valence-corrected chi connectivity index (χ3v) is 6.53. The molecule has 0 heterocycles. The maximum atomic E-state index is 13.7. The number of nitrogens with one attached hydrogen (secondary N) is 1. The second-order valence-corrected chi connectivity index (χ2v) is 9.56. The molecule has 37 heavy (non-hydrogen) atoms. The summed E-state index contributed by atoms with van der Waals surface area (Å²) in [5, 5.41) is 3.08. The molecule has 0 saturated heterocycles. The number of benzene rings is 3. The van der Waals surface area contributed by atoms with E-state index < -0.39 is 6.04 Å². The van der Waals surface area contributed by atoms with E-state index in [0.29, 0.717) is 39.0 Å². The highest BCUT2D eigenvalue weighted by molar-refractivity contribution is 5.88. The molecule has 0 bridgehead atoms. The molecule has 3 aromatic rings. The highest BCUT2D eigenvalue weighted by atomic mass is 16.5. The van der Waals surface area contributed by atoms with Crippen molar-refractivity contribution in [3.05, 3.63) is 101 Å². The van der Waals surface area contributed by atoms with Crippen LogP contribution in [0.3, 0.4) is 0 Å². The number of carbonyl (C=O) groups excluding carboxylic acids is 2. The molecule has 2 amide bonds. The lowest BCUT2D eigenvalue weighted by Gasteiger charge is -2.32. The number of hydrogen-bond acceptors (Lipinski definition) is 3. The normalized spacial score (nSPS) is 11.5. The van der Waals surface area contributed by atoms with E-state index in [0.717, 1.165) is 35.3 Å². The van der Waals surface area contributed by atoms with E-state index in [1.54, 1.807) is 4.90 Å². The minimum Gasteiger partial charge on any atom is -0.494 e. The Kier molecular flexibility index (Phi) is 11.2. The molecule has 3 rings (SSSR count). The average Bonchev–Trinajstić information content (AvgIpc) is 2.91. The van der Waals surface area contributed by atoms with Crippen LogP contribution in [0.15, 0.2) is 78.9 Å². The first-order valence-corrected chi connectivity index (χ1v) is 13.3. The number of amides is 2. The van der Waals surface area contributed by atoms with Crippen LogP contribution in [0.1, 0.15) is 54.9 Å².